The Morgan fingerprint density at radius 2 is 1.02 bits per heavy atom. The molecule has 7 rings (SSSR count). The molecule has 5 aromatic carbocycles. The average Bonchev–Trinajstić information content (AvgIpc) is 3.74. The summed E-state index contributed by atoms with van der Waals surface area (Å²) >= 11 is -0.346. The van der Waals surface area contributed by atoms with Crippen LogP contribution in [-0.2, 0) is 24.6 Å². The standard InChI is InChI=1S/C31H32O2P2.C12H18N3.2ClH.Ru/c1-31(2)32-29(23-34(25-15-7-3-8-16-25)26-17-9-4-10-18-26)30(33-31)24-35(27-19-11-5-12-20-27)28-21-13-6-14-22-28;1-8(2)7-9(13)12-14-10-5-3-4-6-11(10)15-12;;;/h3-22,29-30H,23-24H2,1-2H3;3-6,8-9,12,14H,7,13H2,1-2H3;2*1H;/q;-1;;;+4/t29-,30-;9-,12?;;;/m10.../s1. The Hall–Kier alpha value is -2.36. The third kappa shape index (κ3) is 12.6. The summed E-state index contributed by atoms with van der Waals surface area (Å²) in [5.74, 6) is 0.0384. The van der Waals surface area contributed by atoms with E-state index in [9.17, 15) is 0 Å². The Balaban J connectivity index is 0.000000250. The van der Waals surface area contributed by atoms with Crippen LogP contribution in [0.5, 0.6) is 0 Å². The number of hydrogen-bond acceptors (Lipinski definition) is 4. The van der Waals surface area contributed by atoms with E-state index in [2.05, 4.69) is 160 Å². The fourth-order valence-electron chi connectivity index (χ4n) is 6.95. The van der Waals surface area contributed by atoms with Crippen LogP contribution in [0.1, 0.15) is 34.1 Å². The number of fused-ring (bicyclic) bond motifs is 1. The van der Waals surface area contributed by atoms with E-state index < -0.39 is 21.6 Å². The molecule has 0 spiro atoms. The molecule has 280 valence electrons. The molecule has 0 amide bonds. The summed E-state index contributed by atoms with van der Waals surface area (Å²) in [5, 5.41) is 13.6. The summed E-state index contributed by atoms with van der Waals surface area (Å²) in [5.41, 5.74) is 8.23. The fourth-order valence-corrected chi connectivity index (χ4v) is 12.4. The zero-order valence-electron chi connectivity index (χ0n) is 30.8. The maximum absolute atomic E-state index is 6.63. The molecule has 4 atom stereocenters. The molecule has 1 saturated heterocycles. The van der Waals surface area contributed by atoms with Crippen molar-refractivity contribution >= 4 is 67.8 Å². The molecule has 3 N–H and O–H groups in total. The molecule has 0 aliphatic carbocycles. The van der Waals surface area contributed by atoms with Crippen LogP contribution in [0.2, 0.25) is 0 Å². The molecule has 2 heterocycles. The second-order valence-electron chi connectivity index (χ2n) is 14.1. The van der Waals surface area contributed by atoms with E-state index in [4.69, 9.17) is 34.6 Å². The van der Waals surface area contributed by atoms with Crippen LogP contribution in [0.3, 0.4) is 0 Å². The molecule has 10 heteroatoms. The van der Waals surface area contributed by atoms with Gasteiger partial charge in [-0.05, 0) is 86.9 Å². The molecular formula is C43H52Cl2N3O2P2Ru+3. The molecular weight excluding hydrogens is 824 g/mol. The maximum atomic E-state index is 6.63. The summed E-state index contributed by atoms with van der Waals surface area (Å²) in [4.78, 5) is 0. The van der Waals surface area contributed by atoms with Gasteiger partial charge in [-0.3, -0.25) is 0 Å². The van der Waals surface area contributed by atoms with Crippen LogP contribution >= 0.6 is 35.2 Å². The minimum absolute atomic E-state index is 0.0461. The van der Waals surface area contributed by atoms with Crippen molar-refractivity contribution in [3.63, 3.8) is 0 Å². The topological polar surface area (TPSA) is 70.6 Å². The van der Waals surface area contributed by atoms with Gasteiger partial charge in [0, 0.05) is 11.7 Å². The minimum atomic E-state index is -1.02. The molecule has 1 unspecified atom stereocenters. The molecule has 2 aliphatic rings. The van der Waals surface area contributed by atoms with Crippen molar-refractivity contribution in [1.82, 2.24) is 0 Å². The predicted molar refractivity (Wildman–Crippen MR) is 231 cm³/mol. The number of anilines is 1. The van der Waals surface area contributed by atoms with Crippen LogP contribution in [0.4, 0.5) is 11.4 Å². The quantitative estimate of drug-likeness (QED) is 0.103. The number of ether oxygens (including phenoxy) is 2. The van der Waals surface area contributed by atoms with Gasteiger partial charge in [0.1, 0.15) is 12.2 Å². The molecule has 53 heavy (non-hydrogen) atoms. The zero-order valence-corrected chi connectivity index (χ0v) is 36.1. The summed E-state index contributed by atoms with van der Waals surface area (Å²) in [6.45, 7) is 8.49. The Kier molecular flexibility index (Phi) is 16.6. The Labute approximate surface area is 334 Å². The summed E-state index contributed by atoms with van der Waals surface area (Å²) in [6.07, 6.45) is 3.15. The number of benzene rings is 5. The number of nitrogens with two attached hydrogens (primary N) is 1. The van der Waals surface area contributed by atoms with Gasteiger partial charge in [0.15, 0.2) is 5.79 Å². The second-order valence-corrected chi connectivity index (χ2v) is 21.8. The molecule has 0 radical (unpaired) electrons. The molecule has 1 fully saturated rings. The number of nitrogens with zero attached hydrogens (tertiary/aromatic N) is 1. The molecule has 5 nitrogen and oxygen atoms in total. The molecule has 0 bridgehead atoms. The van der Waals surface area contributed by atoms with E-state index in [0.29, 0.717) is 5.92 Å². The normalized spacial score (nSPS) is 18.9. The number of para-hydroxylation sites is 2. The summed E-state index contributed by atoms with van der Waals surface area (Å²) < 4.78 is 13.3. The molecule has 0 saturated carbocycles. The first-order valence-corrected chi connectivity index (χ1v) is 26.0. The number of nitrogens with one attached hydrogen (secondary N) is 1. The SMILES string of the molecule is CC(C)C[C@H](N)C1[N-]c2ccccc2N1.CC1(C)O[C@H](C[PH+](c2ccccc2)c2ccccc2)[C@@H](C[PH+](c2ccccc2)c2ccccc2)O1.[Cl][Ru+2][Cl]. The van der Waals surface area contributed by atoms with Crippen molar-refractivity contribution < 1.29 is 24.6 Å². The van der Waals surface area contributed by atoms with Gasteiger partial charge in [0.2, 0.25) is 0 Å². The summed E-state index contributed by atoms with van der Waals surface area (Å²) in [6, 6.07) is 52.0. The third-order valence-corrected chi connectivity index (χ3v) is 15.0. The van der Waals surface area contributed by atoms with Crippen molar-refractivity contribution in [1.29, 1.82) is 0 Å². The van der Waals surface area contributed by atoms with Gasteiger partial charge in [-0.25, -0.2) is 0 Å². The van der Waals surface area contributed by atoms with Gasteiger partial charge in [0.25, 0.3) is 0 Å². The number of halogens is 2. The van der Waals surface area contributed by atoms with E-state index >= 15 is 0 Å². The van der Waals surface area contributed by atoms with E-state index in [1.54, 1.807) is 0 Å². The van der Waals surface area contributed by atoms with Crippen molar-refractivity contribution in [2.75, 3.05) is 17.6 Å². The van der Waals surface area contributed by atoms with Gasteiger partial charge >= 0.3 is 34.5 Å². The van der Waals surface area contributed by atoms with Crippen molar-refractivity contribution in [3.05, 3.63) is 151 Å². The first kappa shape index (κ1) is 41.8. The van der Waals surface area contributed by atoms with Crippen molar-refractivity contribution in [3.8, 4) is 0 Å². The van der Waals surface area contributed by atoms with Crippen LogP contribution < -0.4 is 32.3 Å². The predicted octanol–water partition coefficient (Wildman–Crippen LogP) is 9.43. The van der Waals surface area contributed by atoms with Crippen LogP contribution in [-0.4, -0.2) is 42.5 Å². The van der Waals surface area contributed by atoms with Crippen molar-refractivity contribution in [2.45, 2.75) is 64.3 Å². The molecule has 2 aliphatic heterocycles. The summed E-state index contributed by atoms with van der Waals surface area (Å²) in [7, 11) is 7.66. The average molecular weight is 877 g/mol. The number of hydrogen-bond donors (Lipinski definition) is 2. The van der Waals surface area contributed by atoms with Crippen LogP contribution in [0.25, 0.3) is 5.32 Å². The van der Waals surface area contributed by atoms with Crippen molar-refractivity contribution in [2.24, 2.45) is 11.7 Å². The second kappa shape index (κ2) is 21.1. The van der Waals surface area contributed by atoms with E-state index in [-0.39, 0.29) is 39.6 Å². The van der Waals surface area contributed by atoms with E-state index in [1.165, 1.54) is 21.2 Å². The van der Waals surface area contributed by atoms with Crippen LogP contribution in [0.15, 0.2) is 146 Å². The van der Waals surface area contributed by atoms with Gasteiger partial charge < -0.3 is 25.8 Å². The first-order valence-electron chi connectivity index (χ1n) is 18.1. The molecule has 0 aromatic heterocycles. The first-order chi connectivity index (χ1) is 25.7. The van der Waals surface area contributed by atoms with Crippen LogP contribution in [0, 0.1) is 5.92 Å². The monoisotopic (exact) mass is 876 g/mol. The Bertz CT molecular complexity index is 1580. The fraction of sp³-hybridized carbons (Fsp3) is 0.302. The van der Waals surface area contributed by atoms with Gasteiger partial charge in [-0.15, -0.1) is 5.69 Å². The molecule has 5 aromatic rings. The Morgan fingerprint density at radius 3 is 1.38 bits per heavy atom. The third-order valence-electron chi connectivity index (χ3n) is 9.22. The van der Waals surface area contributed by atoms with Gasteiger partial charge in [0.05, 0.1) is 49.4 Å². The van der Waals surface area contributed by atoms with E-state index in [0.717, 1.165) is 30.1 Å². The zero-order chi connectivity index (χ0) is 37.6. The number of rotatable bonds is 11. The van der Waals surface area contributed by atoms with Gasteiger partial charge in [-0.2, -0.15) is 0 Å². The Morgan fingerprint density at radius 1 is 0.660 bits per heavy atom. The van der Waals surface area contributed by atoms with E-state index in [1.807, 2.05) is 24.3 Å². The van der Waals surface area contributed by atoms with Gasteiger partial charge in [-0.1, -0.05) is 105 Å².